The number of hydrogen-bond acceptors (Lipinski definition) is 5. The van der Waals surface area contributed by atoms with Crippen LogP contribution in [0, 0.1) is 11.8 Å². The normalized spacial score (nSPS) is 27.6. The molecule has 2 aliphatic rings. The van der Waals surface area contributed by atoms with Gasteiger partial charge in [-0.25, -0.2) is 0 Å². The number of aliphatic hydroxyl groups excluding tert-OH is 1. The first-order valence-electron chi connectivity index (χ1n) is 9.67. The van der Waals surface area contributed by atoms with E-state index < -0.39 is 17.7 Å². The SMILES string of the molecule is O[C@@H]1C[C@H]2CN(Cc3ccncc3)C[C@H]2C[C@H]1Oc1cccc(SC(F)(F)F)c1. The fraction of sp³-hybridized carbons (Fsp3) is 0.476. The van der Waals surface area contributed by atoms with Crippen LogP contribution >= 0.6 is 11.8 Å². The average molecular weight is 424 g/mol. The van der Waals surface area contributed by atoms with E-state index >= 15 is 0 Å². The van der Waals surface area contributed by atoms with Gasteiger partial charge in [-0.05, 0) is 72.3 Å². The largest absolute Gasteiger partial charge is 0.488 e. The number of rotatable bonds is 5. The predicted octanol–water partition coefficient (Wildman–Crippen LogP) is 4.34. The summed E-state index contributed by atoms with van der Waals surface area (Å²) in [7, 11) is 0. The van der Waals surface area contributed by atoms with Gasteiger partial charge < -0.3 is 9.84 Å². The van der Waals surface area contributed by atoms with Crippen LogP contribution in [-0.2, 0) is 6.54 Å². The van der Waals surface area contributed by atoms with E-state index in [0.717, 1.165) is 19.6 Å². The van der Waals surface area contributed by atoms with E-state index in [4.69, 9.17) is 4.74 Å². The molecule has 1 aromatic carbocycles. The molecule has 0 unspecified atom stereocenters. The van der Waals surface area contributed by atoms with Crippen LogP contribution in [0.5, 0.6) is 5.75 Å². The molecule has 2 fully saturated rings. The molecule has 2 heterocycles. The maximum Gasteiger partial charge on any atom is 0.446 e. The molecule has 1 aromatic heterocycles. The third-order valence-electron chi connectivity index (χ3n) is 5.64. The summed E-state index contributed by atoms with van der Waals surface area (Å²) in [5.74, 6) is 1.20. The second kappa shape index (κ2) is 8.53. The van der Waals surface area contributed by atoms with Crippen molar-refractivity contribution in [2.24, 2.45) is 11.8 Å². The van der Waals surface area contributed by atoms with Crippen LogP contribution in [0.1, 0.15) is 18.4 Å². The van der Waals surface area contributed by atoms with Crippen LogP contribution in [0.4, 0.5) is 13.2 Å². The Labute approximate surface area is 172 Å². The van der Waals surface area contributed by atoms with Crippen molar-refractivity contribution in [2.45, 2.75) is 42.0 Å². The van der Waals surface area contributed by atoms with Gasteiger partial charge in [-0.2, -0.15) is 13.2 Å². The molecule has 1 saturated carbocycles. The van der Waals surface area contributed by atoms with Gasteiger partial charge in [0.1, 0.15) is 11.9 Å². The van der Waals surface area contributed by atoms with E-state index in [2.05, 4.69) is 9.88 Å². The number of halogens is 3. The van der Waals surface area contributed by atoms with E-state index in [1.54, 1.807) is 24.5 Å². The monoisotopic (exact) mass is 424 g/mol. The van der Waals surface area contributed by atoms with Gasteiger partial charge in [0.25, 0.3) is 0 Å². The van der Waals surface area contributed by atoms with Gasteiger partial charge in [-0.1, -0.05) is 6.07 Å². The zero-order valence-corrected chi connectivity index (χ0v) is 16.6. The average Bonchev–Trinajstić information content (AvgIpc) is 3.02. The molecule has 1 aliphatic carbocycles. The molecule has 0 bridgehead atoms. The van der Waals surface area contributed by atoms with Crippen molar-refractivity contribution in [3.8, 4) is 5.75 Å². The zero-order valence-electron chi connectivity index (χ0n) is 15.8. The lowest BCUT2D eigenvalue weighted by atomic mass is 9.78. The number of fused-ring (bicyclic) bond motifs is 1. The van der Waals surface area contributed by atoms with Crippen LogP contribution in [0.2, 0.25) is 0 Å². The summed E-state index contributed by atoms with van der Waals surface area (Å²) >= 11 is -0.159. The Morgan fingerprint density at radius 2 is 1.83 bits per heavy atom. The predicted molar refractivity (Wildman–Crippen MR) is 105 cm³/mol. The molecule has 1 N–H and O–H groups in total. The van der Waals surface area contributed by atoms with Crippen LogP contribution in [0.3, 0.4) is 0 Å². The number of pyridine rings is 1. The molecule has 0 radical (unpaired) electrons. The summed E-state index contributed by atoms with van der Waals surface area (Å²) < 4.78 is 43.8. The van der Waals surface area contributed by atoms with E-state index in [-0.39, 0.29) is 16.7 Å². The van der Waals surface area contributed by atoms with E-state index in [9.17, 15) is 18.3 Å². The number of hydrogen-bond donors (Lipinski definition) is 1. The van der Waals surface area contributed by atoms with E-state index in [0.29, 0.717) is 30.4 Å². The molecule has 4 atom stereocenters. The van der Waals surface area contributed by atoms with Gasteiger partial charge in [0.15, 0.2) is 0 Å². The van der Waals surface area contributed by atoms with Gasteiger partial charge in [0, 0.05) is 36.9 Å². The Balaban J connectivity index is 1.37. The highest BCUT2D eigenvalue weighted by Gasteiger charge is 2.42. The lowest BCUT2D eigenvalue weighted by Crippen LogP contribution is -2.42. The van der Waals surface area contributed by atoms with Crippen molar-refractivity contribution in [2.75, 3.05) is 13.1 Å². The molecule has 8 heteroatoms. The van der Waals surface area contributed by atoms with Gasteiger partial charge in [0.05, 0.1) is 6.10 Å². The fourth-order valence-corrected chi connectivity index (χ4v) is 5.00. The number of alkyl halides is 3. The minimum atomic E-state index is -4.34. The number of likely N-dealkylation sites (tertiary alicyclic amines) is 1. The molecule has 0 amide bonds. The summed E-state index contributed by atoms with van der Waals surface area (Å²) in [6.07, 6.45) is 3.92. The number of aliphatic hydroxyl groups is 1. The fourth-order valence-electron chi connectivity index (χ4n) is 4.41. The molecule has 1 saturated heterocycles. The van der Waals surface area contributed by atoms with Gasteiger partial charge in [0.2, 0.25) is 0 Å². The second-order valence-electron chi connectivity index (χ2n) is 7.79. The lowest BCUT2D eigenvalue weighted by molar-refractivity contribution is -0.0329. The van der Waals surface area contributed by atoms with E-state index in [1.807, 2.05) is 12.1 Å². The first-order chi connectivity index (χ1) is 13.9. The zero-order chi connectivity index (χ0) is 20.4. The Morgan fingerprint density at radius 1 is 1.10 bits per heavy atom. The number of thioether (sulfide) groups is 1. The van der Waals surface area contributed by atoms with Gasteiger partial charge in [-0.3, -0.25) is 9.88 Å². The highest BCUT2D eigenvalue weighted by molar-refractivity contribution is 8.00. The van der Waals surface area contributed by atoms with Crippen molar-refractivity contribution in [3.05, 3.63) is 54.4 Å². The van der Waals surface area contributed by atoms with Crippen LogP contribution in [0.25, 0.3) is 0 Å². The maximum absolute atomic E-state index is 12.6. The summed E-state index contributed by atoms with van der Waals surface area (Å²) in [6.45, 7) is 2.73. The van der Waals surface area contributed by atoms with Crippen molar-refractivity contribution in [3.63, 3.8) is 0 Å². The highest BCUT2D eigenvalue weighted by atomic mass is 32.2. The standard InChI is InChI=1S/C21H23F3N2O2S/c22-21(23,24)29-18-3-1-2-17(10-18)28-20-9-16-13-26(12-15(16)8-19(20)27)11-14-4-6-25-7-5-14/h1-7,10,15-16,19-20,27H,8-9,11-13H2/t15-,16+,19+,20+/m0/s1. The quantitative estimate of drug-likeness (QED) is 0.724. The number of ether oxygens (including phenoxy) is 1. The Morgan fingerprint density at radius 3 is 2.55 bits per heavy atom. The molecular formula is C21H23F3N2O2S. The highest BCUT2D eigenvalue weighted by Crippen LogP contribution is 2.40. The van der Waals surface area contributed by atoms with E-state index in [1.165, 1.54) is 17.7 Å². The number of aromatic nitrogens is 1. The van der Waals surface area contributed by atoms with Gasteiger partial charge >= 0.3 is 5.51 Å². The minimum Gasteiger partial charge on any atom is -0.488 e. The smallest absolute Gasteiger partial charge is 0.446 e. The van der Waals surface area contributed by atoms with Crippen molar-refractivity contribution < 1.29 is 23.0 Å². The van der Waals surface area contributed by atoms with Gasteiger partial charge in [-0.15, -0.1) is 0 Å². The molecule has 29 heavy (non-hydrogen) atoms. The molecule has 4 rings (SSSR count). The minimum absolute atomic E-state index is 0.0857. The number of benzene rings is 1. The second-order valence-corrected chi connectivity index (χ2v) is 8.93. The third kappa shape index (κ3) is 5.43. The molecule has 2 aromatic rings. The molecule has 4 nitrogen and oxygen atoms in total. The molecule has 0 spiro atoms. The third-order valence-corrected chi connectivity index (χ3v) is 6.36. The Hall–Kier alpha value is -1.77. The summed E-state index contributed by atoms with van der Waals surface area (Å²) in [5.41, 5.74) is -3.12. The molecule has 156 valence electrons. The van der Waals surface area contributed by atoms with Crippen LogP contribution in [-0.4, -0.2) is 45.8 Å². The summed E-state index contributed by atoms with van der Waals surface area (Å²) in [6, 6.07) is 10.0. The van der Waals surface area contributed by atoms with Crippen LogP contribution in [0.15, 0.2) is 53.7 Å². The summed E-state index contributed by atoms with van der Waals surface area (Å²) in [5, 5.41) is 10.6. The Bertz CT molecular complexity index is 821. The van der Waals surface area contributed by atoms with Crippen LogP contribution < -0.4 is 4.74 Å². The van der Waals surface area contributed by atoms with Crippen molar-refractivity contribution in [1.29, 1.82) is 0 Å². The first kappa shape index (κ1) is 20.5. The topological polar surface area (TPSA) is 45.6 Å². The number of nitrogens with zero attached hydrogens (tertiary/aromatic N) is 2. The van der Waals surface area contributed by atoms with Crippen molar-refractivity contribution in [1.82, 2.24) is 9.88 Å². The molecule has 1 aliphatic heterocycles. The van der Waals surface area contributed by atoms with Crippen molar-refractivity contribution >= 4 is 11.8 Å². The Kier molecular flexibility index (Phi) is 6.03. The lowest BCUT2D eigenvalue weighted by Gasteiger charge is -2.35. The molecular weight excluding hydrogens is 401 g/mol. The maximum atomic E-state index is 12.6. The first-order valence-corrected chi connectivity index (χ1v) is 10.5. The summed E-state index contributed by atoms with van der Waals surface area (Å²) in [4.78, 5) is 6.52.